The van der Waals surface area contributed by atoms with E-state index in [-0.39, 0.29) is 5.54 Å². The molecule has 1 aliphatic carbocycles. The molecule has 1 fully saturated rings. The van der Waals surface area contributed by atoms with E-state index >= 15 is 0 Å². The maximum Gasteiger partial charge on any atom is 0.108 e. The van der Waals surface area contributed by atoms with Crippen LogP contribution in [0.3, 0.4) is 0 Å². The van der Waals surface area contributed by atoms with E-state index in [1.54, 1.807) is 0 Å². The van der Waals surface area contributed by atoms with E-state index < -0.39 is 0 Å². The molecule has 0 radical (unpaired) electrons. The average molecular weight is 180 g/mol. The Bertz CT molecular complexity index is 201. The third-order valence-electron chi connectivity index (χ3n) is 3.15. The zero-order valence-corrected chi connectivity index (χ0v) is 8.93. The molecule has 0 spiro atoms. The van der Waals surface area contributed by atoms with Gasteiger partial charge in [0, 0.05) is 0 Å². The van der Waals surface area contributed by atoms with E-state index in [0.717, 1.165) is 18.9 Å². The number of nitrogens with zero attached hydrogens (tertiary/aromatic N) is 1. The van der Waals surface area contributed by atoms with Gasteiger partial charge in [0.15, 0.2) is 0 Å². The minimum atomic E-state index is -0.289. The highest BCUT2D eigenvalue weighted by Gasteiger charge is 2.33. The summed E-state index contributed by atoms with van der Waals surface area (Å²) in [5, 5.41) is 12.6. The van der Waals surface area contributed by atoms with Crippen molar-refractivity contribution in [3.05, 3.63) is 0 Å². The molecule has 2 nitrogen and oxygen atoms in total. The summed E-state index contributed by atoms with van der Waals surface area (Å²) in [4.78, 5) is 0. The summed E-state index contributed by atoms with van der Waals surface area (Å²) < 4.78 is 0. The molecule has 0 aliphatic heterocycles. The van der Waals surface area contributed by atoms with Crippen LogP contribution in [0.5, 0.6) is 0 Å². The average Bonchev–Trinajstić information content (AvgIpc) is 2.90. The third-order valence-corrected chi connectivity index (χ3v) is 3.15. The number of rotatable bonds is 5. The number of hydrogen-bond donors (Lipinski definition) is 1. The maximum absolute atomic E-state index is 9.17. The number of nitriles is 1. The molecule has 2 heteroatoms. The molecule has 0 saturated heterocycles. The van der Waals surface area contributed by atoms with Crippen LogP contribution in [0.2, 0.25) is 0 Å². The summed E-state index contributed by atoms with van der Waals surface area (Å²) in [7, 11) is 0. The fraction of sp³-hybridized carbons (Fsp3) is 0.909. The maximum atomic E-state index is 9.17. The molecule has 1 rings (SSSR count). The van der Waals surface area contributed by atoms with E-state index in [0.29, 0.717) is 5.92 Å². The zero-order chi connectivity index (χ0) is 9.90. The second kappa shape index (κ2) is 4.11. The van der Waals surface area contributed by atoms with Crippen LogP contribution >= 0.6 is 0 Å². The Labute approximate surface area is 81.3 Å². The predicted octanol–water partition coefficient (Wildman–Crippen LogP) is 2.31. The van der Waals surface area contributed by atoms with Crippen LogP contribution < -0.4 is 5.32 Å². The lowest BCUT2D eigenvalue weighted by atomic mass is 9.85. The number of hydrogen-bond acceptors (Lipinski definition) is 2. The van der Waals surface area contributed by atoms with E-state index in [4.69, 9.17) is 5.26 Å². The third kappa shape index (κ3) is 2.45. The lowest BCUT2D eigenvalue weighted by molar-refractivity contribution is 0.296. The summed E-state index contributed by atoms with van der Waals surface area (Å²) in [6, 6.07) is 2.44. The molecule has 0 amide bonds. The van der Waals surface area contributed by atoms with Gasteiger partial charge in [-0.3, -0.25) is 5.32 Å². The van der Waals surface area contributed by atoms with Gasteiger partial charge in [-0.25, -0.2) is 0 Å². The van der Waals surface area contributed by atoms with Gasteiger partial charge in [0.25, 0.3) is 0 Å². The van der Waals surface area contributed by atoms with Gasteiger partial charge in [0.2, 0.25) is 0 Å². The molecule has 13 heavy (non-hydrogen) atoms. The molecule has 1 atom stereocenters. The molecule has 0 bridgehead atoms. The molecule has 1 N–H and O–H groups in total. The van der Waals surface area contributed by atoms with Crippen molar-refractivity contribution in [3.8, 4) is 6.07 Å². The summed E-state index contributed by atoms with van der Waals surface area (Å²) in [6.45, 7) is 7.35. The minimum absolute atomic E-state index is 0.289. The smallest absolute Gasteiger partial charge is 0.108 e. The largest absolute Gasteiger partial charge is 0.299 e. The van der Waals surface area contributed by atoms with Gasteiger partial charge >= 0.3 is 0 Å². The van der Waals surface area contributed by atoms with Gasteiger partial charge in [-0.05, 0) is 37.6 Å². The Kier molecular flexibility index (Phi) is 3.33. The molecule has 0 aromatic carbocycles. The summed E-state index contributed by atoms with van der Waals surface area (Å²) >= 11 is 0. The van der Waals surface area contributed by atoms with E-state index in [9.17, 15) is 0 Å². The van der Waals surface area contributed by atoms with Crippen molar-refractivity contribution in [3.63, 3.8) is 0 Å². The standard InChI is InChI=1S/C11H20N2/c1-4-11(8-12,9(2)3)13-7-10-5-6-10/h9-10,13H,4-7H2,1-3H3. The van der Waals surface area contributed by atoms with Crippen LogP contribution in [0.4, 0.5) is 0 Å². The van der Waals surface area contributed by atoms with Crippen LogP contribution in [-0.2, 0) is 0 Å². The van der Waals surface area contributed by atoms with Crippen molar-refractivity contribution in [2.24, 2.45) is 11.8 Å². The normalized spacial score (nSPS) is 21.2. The molecular weight excluding hydrogens is 160 g/mol. The molecule has 1 unspecified atom stereocenters. The molecule has 0 aromatic heterocycles. The Morgan fingerprint density at radius 1 is 1.54 bits per heavy atom. The molecule has 1 saturated carbocycles. The molecule has 1 aliphatic rings. The van der Waals surface area contributed by atoms with Crippen molar-refractivity contribution in [2.75, 3.05) is 6.54 Å². The fourth-order valence-corrected chi connectivity index (χ4v) is 1.63. The lowest BCUT2D eigenvalue weighted by Crippen LogP contribution is -2.48. The SMILES string of the molecule is CCC(C#N)(NCC1CC1)C(C)C. The van der Waals surface area contributed by atoms with Crippen molar-refractivity contribution < 1.29 is 0 Å². The van der Waals surface area contributed by atoms with Gasteiger partial charge < -0.3 is 0 Å². The van der Waals surface area contributed by atoms with Crippen molar-refractivity contribution in [2.45, 2.75) is 45.6 Å². The van der Waals surface area contributed by atoms with Crippen LogP contribution in [0.15, 0.2) is 0 Å². The van der Waals surface area contributed by atoms with Crippen LogP contribution in [-0.4, -0.2) is 12.1 Å². The molecule has 0 aromatic rings. The van der Waals surface area contributed by atoms with E-state index in [2.05, 4.69) is 32.2 Å². The first-order chi connectivity index (χ1) is 6.14. The predicted molar refractivity (Wildman–Crippen MR) is 54.2 cm³/mol. The molecule has 74 valence electrons. The molecular formula is C11H20N2. The second-order valence-electron chi connectivity index (χ2n) is 4.42. The van der Waals surface area contributed by atoms with Gasteiger partial charge in [-0.2, -0.15) is 5.26 Å². The first-order valence-electron chi connectivity index (χ1n) is 5.31. The quantitative estimate of drug-likeness (QED) is 0.704. The van der Waals surface area contributed by atoms with Gasteiger partial charge in [0.1, 0.15) is 5.54 Å². The van der Waals surface area contributed by atoms with E-state index in [1.807, 2.05) is 0 Å². The highest BCUT2D eigenvalue weighted by atomic mass is 15.0. The Morgan fingerprint density at radius 2 is 2.15 bits per heavy atom. The first kappa shape index (κ1) is 10.5. The van der Waals surface area contributed by atoms with Crippen molar-refractivity contribution >= 4 is 0 Å². The fourth-order valence-electron chi connectivity index (χ4n) is 1.63. The summed E-state index contributed by atoms with van der Waals surface area (Å²) in [6.07, 6.45) is 3.58. The first-order valence-corrected chi connectivity index (χ1v) is 5.31. The van der Waals surface area contributed by atoms with Gasteiger partial charge in [-0.1, -0.05) is 20.8 Å². The summed E-state index contributed by atoms with van der Waals surface area (Å²) in [5.74, 6) is 1.24. The van der Waals surface area contributed by atoms with Crippen molar-refractivity contribution in [1.29, 1.82) is 5.26 Å². The molecule has 0 heterocycles. The highest BCUT2D eigenvalue weighted by molar-refractivity contribution is 5.08. The topological polar surface area (TPSA) is 35.8 Å². The Morgan fingerprint density at radius 3 is 2.46 bits per heavy atom. The Balaban J connectivity index is 2.48. The minimum Gasteiger partial charge on any atom is -0.299 e. The van der Waals surface area contributed by atoms with Gasteiger partial charge in [0.05, 0.1) is 6.07 Å². The van der Waals surface area contributed by atoms with Crippen LogP contribution in [0.1, 0.15) is 40.0 Å². The van der Waals surface area contributed by atoms with E-state index in [1.165, 1.54) is 12.8 Å². The monoisotopic (exact) mass is 180 g/mol. The Hall–Kier alpha value is -0.550. The van der Waals surface area contributed by atoms with Crippen LogP contribution in [0.25, 0.3) is 0 Å². The zero-order valence-electron chi connectivity index (χ0n) is 8.93. The highest BCUT2D eigenvalue weighted by Crippen LogP contribution is 2.29. The number of nitrogens with one attached hydrogen (secondary N) is 1. The lowest BCUT2D eigenvalue weighted by Gasteiger charge is -2.30. The van der Waals surface area contributed by atoms with Crippen LogP contribution in [0, 0.1) is 23.2 Å². The summed E-state index contributed by atoms with van der Waals surface area (Å²) in [5.41, 5.74) is -0.289. The van der Waals surface area contributed by atoms with Crippen molar-refractivity contribution in [1.82, 2.24) is 5.32 Å². The van der Waals surface area contributed by atoms with Gasteiger partial charge in [-0.15, -0.1) is 0 Å². The second-order valence-corrected chi connectivity index (χ2v) is 4.42.